The summed E-state index contributed by atoms with van der Waals surface area (Å²) in [6, 6.07) is 0.238. The quantitative estimate of drug-likeness (QED) is 0.237. The van der Waals surface area contributed by atoms with Gasteiger partial charge in [0.25, 0.3) is 0 Å². The molecule has 1 saturated heterocycles. The van der Waals surface area contributed by atoms with E-state index >= 15 is 0 Å². The largest absolute Gasteiger partial charge is 0.481 e. The summed E-state index contributed by atoms with van der Waals surface area (Å²) in [5.41, 5.74) is 3.96. The molecular formula is C45H70N6O5S. The number of aryl methyl sites for hydroxylation is 1. The Bertz CT molecular complexity index is 1930. The summed E-state index contributed by atoms with van der Waals surface area (Å²) in [6.45, 7) is 23.1. The van der Waals surface area contributed by atoms with E-state index in [1.165, 1.54) is 72.8 Å². The first-order valence-corrected chi connectivity index (χ1v) is 23.9. The minimum absolute atomic E-state index is 0.0113. The summed E-state index contributed by atoms with van der Waals surface area (Å²) in [6.07, 6.45) is 17.5. The van der Waals surface area contributed by atoms with Crippen LogP contribution in [0.2, 0.25) is 0 Å². The van der Waals surface area contributed by atoms with Crippen molar-refractivity contribution in [2.24, 2.45) is 63.7 Å². The number of aromatic nitrogens is 4. The zero-order chi connectivity index (χ0) is 40.8. The van der Waals surface area contributed by atoms with Gasteiger partial charge in [-0.2, -0.15) is 4.68 Å². The number of allylic oxidation sites excluding steroid dienone is 5. The molecule has 2 heterocycles. The lowest BCUT2D eigenvalue weighted by molar-refractivity contribution is -0.221. The average molecular weight is 807 g/mol. The molecule has 1 aromatic rings. The second-order valence-electron chi connectivity index (χ2n) is 21.2. The summed E-state index contributed by atoms with van der Waals surface area (Å²) in [5.74, 6) is 2.76. The number of carboxylic acids is 1. The number of hydrogen-bond donors (Lipinski definition) is 2. The van der Waals surface area contributed by atoms with E-state index in [0.717, 1.165) is 25.9 Å². The number of nitrogens with zero attached hydrogens (tertiary/aromatic N) is 5. The smallest absolute Gasteiger partial charge is 0.335 e. The van der Waals surface area contributed by atoms with E-state index in [9.17, 15) is 18.3 Å². The fourth-order valence-corrected chi connectivity index (χ4v) is 16.4. The second kappa shape index (κ2) is 14.3. The van der Waals surface area contributed by atoms with Crippen molar-refractivity contribution >= 4 is 15.8 Å². The molecule has 4 saturated carbocycles. The molecule has 57 heavy (non-hydrogen) atoms. The molecule has 7 aliphatic rings. The molecule has 0 spiro atoms. The van der Waals surface area contributed by atoms with Gasteiger partial charge in [0.1, 0.15) is 12.0 Å². The van der Waals surface area contributed by atoms with Crippen LogP contribution in [0.4, 0.5) is 0 Å². The van der Waals surface area contributed by atoms with E-state index in [-0.39, 0.29) is 39.8 Å². The van der Waals surface area contributed by atoms with E-state index in [1.807, 2.05) is 0 Å². The van der Waals surface area contributed by atoms with Crippen LogP contribution < -0.4 is 10.1 Å². The Morgan fingerprint density at radius 1 is 0.965 bits per heavy atom. The molecule has 11 nitrogen and oxygen atoms in total. The number of rotatable bonds is 10. The summed E-state index contributed by atoms with van der Waals surface area (Å²) in [5, 5.41) is 26.0. The van der Waals surface area contributed by atoms with Crippen molar-refractivity contribution in [2.75, 3.05) is 44.3 Å². The van der Waals surface area contributed by atoms with Gasteiger partial charge in [-0.15, -0.1) is 0 Å². The minimum Gasteiger partial charge on any atom is -0.481 e. The Kier molecular flexibility index (Phi) is 10.3. The Balaban J connectivity index is 1.01. The molecule has 0 amide bonds. The molecule has 0 radical (unpaired) electrons. The van der Waals surface area contributed by atoms with Gasteiger partial charge in [-0.25, -0.2) is 8.42 Å². The molecule has 2 N–H and O–H groups in total. The highest BCUT2D eigenvalue weighted by Gasteiger charge is 2.70. The number of carbonyl (C=O) groups is 1. The predicted molar refractivity (Wildman–Crippen MR) is 222 cm³/mol. The van der Waals surface area contributed by atoms with Crippen molar-refractivity contribution in [3.05, 3.63) is 35.5 Å². The van der Waals surface area contributed by atoms with Crippen molar-refractivity contribution in [1.29, 1.82) is 0 Å². The van der Waals surface area contributed by atoms with Gasteiger partial charge in [0.15, 0.2) is 9.84 Å². The first-order valence-electron chi connectivity index (χ1n) is 22.1. The van der Waals surface area contributed by atoms with Crippen LogP contribution in [-0.2, 0) is 21.7 Å². The number of nitrogens with one attached hydrogen (secondary N) is 1. The van der Waals surface area contributed by atoms with E-state index in [4.69, 9.17) is 4.74 Å². The van der Waals surface area contributed by atoms with Gasteiger partial charge in [0.2, 0.25) is 0 Å². The number of tetrazole rings is 1. The van der Waals surface area contributed by atoms with Crippen LogP contribution in [0, 0.1) is 56.7 Å². The monoisotopic (exact) mass is 807 g/mol. The summed E-state index contributed by atoms with van der Waals surface area (Å²) >= 11 is 0. The number of fused-ring (bicyclic) bond motifs is 7. The Morgan fingerprint density at radius 3 is 2.37 bits per heavy atom. The van der Waals surface area contributed by atoms with Crippen molar-refractivity contribution in [1.82, 2.24) is 30.4 Å². The average Bonchev–Trinajstić information content (AvgIpc) is 3.75. The van der Waals surface area contributed by atoms with Crippen LogP contribution in [0.1, 0.15) is 119 Å². The molecule has 6 aliphatic carbocycles. The highest BCUT2D eigenvalue weighted by molar-refractivity contribution is 7.91. The lowest BCUT2D eigenvalue weighted by Gasteiger charge is -2.72. The van der Waals surface area contributed by atoms with Gasteiger partial charge in [-0.1, -0.05) is 64.0 Å². The molecular weight excluding hydrogens is 737 g/mol. The van der Waals surface area contributed by atoms with Gasteiger partial charge in [0.05, 0.1) is 11.5 Å². The minimum atomic E-state index is -2.88. The van der Waals surface area contributed by atoms with Crippen molar-refractivity contribution in [2.45, 2.75) is 124 Å². The van der Waals surface area contributed by atoms with Crippen LogP contribution in [0.5, 0.6) is 6.01 Å². The van der Waals surface area contributed by atoms with Crippen LogP contribution in [0.15, 0.2) is 35.5 Å². The number of carboxylic acid groups (broad SMARTS) is 1. The number of aliphatic carboxylic acids is 1. The van der Waals surface area contributed by atoms with Crippen LogP contribution in [-0.4, -0.2) is 94.4 Å². The Hall–Kier alpha value is -2.57. The first kappa shape index (κ1) is 41.2. The highest BCUT2D eigenvalue weighted by Crippen LogP contribution is 2.76. The molecule has 4 unspecified atom stereocenters. The third kappa shape index (κ3) is 6.50. The second-order valence-corrected chi connectivity index (χ2v) is 23.5. The van der Waals surface area contributed by atoms with E-state index < -0.39 is 21.2 Å². The Labute approximate surface area is 341 Å². The van der Waals surface area contributed by atoms with E-state index in [0.29, 0.717) is 67.0 Å². The molecule has 8 rings (SSSR count). The molecule has 0 aromatic carbocycles. The van der Waals surface area contributed by atoms with Crippen molar-refractivity contribution in [3.8, 4) is 6.01 Å². The molecule has 10 atom stereocenters. The molecule has 1 aromatic heterocycles. The molecule has 5 fully saturated rings. The van der Waals surface area contributed by atoms with Gasteiger partial charge in [0, 0.05) is 38.8 Å². The standard InChI is InChI=1S/C45H70N6O5S/c1-30(2)32-13-20-45(46-23-24-51-25-27-57(54,55)28-26-51)22-21-42(6)34(37(32)45)9-10-36-41(5)16-14-33(40(3,4)35(41)15-17-43(36,42)7)31-11-18-44(19-12-31,38(52)53)29-56-39-47-48-49-50(39)8/h11,14,32,34-37,46H,1,9-10,12-13,15-29H2,2-8H3,(H,52,53)/t32-,34+,35?,36?,37?,41-,42+,43+,44?,45-/m0/s1. The normalized spacial score (nSPS) is 42.4. The van der Waals surface area contributed by atoms with Crippen LogP contribution in [0.3, 0.4) is 0 Å². The lowest BCUT2D eigenvalue weighted by atomic mass is 9.33. The van der Waals surface area contributed by atoms with E-state index in [1.54, 1.807) is 7.05 Å². The zero-order valence-corrected chi connectivity index (χ0v) is 36.7. The molecule has 12 heteroatoms. The summed E-state index contributed by atoms with van der Waals surface area (Å²) in [7, 11) is -1.18. The Morgan fingerprint density at radius 2 is 1.72 bits per heavy atom. The van der Waals surface area contributed by atoms with E-state index in [2.05, 4.69) is 86.0 Å². The lowest BCUT2D eigenvalue weighted by Crippen LogP contribution is -2.68. The zero-order valence-electron chi connectivity index (χ0n) is 35.9. The van der Waals surface area contributed by atoms with Gasteiger partial charge >= 0.3 is 12.0 Å². The number of sulfone groups is 1. The fourth-order valence-electron chi connectivity index (χ4n) is 15.1. The number of ether oxygens (including phenoxy) is 1. The summed E-state index contributed by atoms with van der Waals surface area (Å²) in [4.78, 5) is 15.0. The van der Waals surface area contributed by atoms with Crippen LogP contribution >= 0.6 is 0 Å². The maximum atomic E-state index is 12.7. The van der Waals surface area contributed by atoms with Crippen molar-refractivity contribution in [3.63, 3.8) is 0 Å². The highest BCUT2D eigenvalue weighted by atomic mass is 32.2. The van der Waals surface area contributed by atoms with Gasteiger partial charge in [-0.3, -0.25) is 4.79 Å². The molecule has 1 aliphatic heterocycles. The molecule has 316 valence electrons. The molecule has 0 bridgehead atoms. The maximum Gasteiger partial charge on any atom is 0.335 e. The number of hydrogen-bond acceptors (Lipinski definition) is 9. The third-order valence-electron chi connectivity index (χ3n) is 18.5. The predicted octanol–water partition coefficient (Wildman–Crippen LogP) is 7.04. The summed E-state index contributed by atoms with van der Waals surface area (Å²) < 4.78 is 31.4. The topological polar surface area (TPSA) is 140 Å². The van der Waals surface area contributed by atoms with Gasteiger partial charge in [-0.05, 0) is 157 Å². The third-order valence-corrected chi connectivity index (χ3v) is 20.1. The first-order chi connectivity index (χ1) is 26.8. The maximum absolute atomic E-state index is 12.7. The fraction of sp³-hybridized carbons (Fsp3) is 0.822. The van der Waals surface area contributed by atoms with Gasteiger partial charge < -0.3 is 20.1 Å². The van der Waals surface area contributed by atoms with Crippen LogP contribution in [0.25, 0.3) is 0 Å². The SMILES string of the molecule is C=C(C)[C@@H]1CC[C@]2(NCCN3CCS(=O)(=O)CC3)CC[C@]3(C)[C@H](CCC4[C@@]5(C)CC=C(C6=CCC(COc7nnnn7C)(C(=O)O)CC6)C(C)(C)C5CC[C@]43C)C12. The van der Waals surface area contributed by atoms with Crippen molar-refractivity contribution < 1.29 is 23.1 Å².